The highest BCUT2D eigenvalue weighted by atomic mass is 16.5. The van der Waals surface area contributed by atoms with Crippen LogP contribution in [-0.4, -0.2) is 53.2 Å². The molecule has 18 heavy (non-hydrogen) atoms. The van der Waals surface area contributed by atoms with Crippen LogP contribution in [0.15, 0.2) is 0 Å². The maximum atomic E-state index is 12.3. The molecule has 2 rings (SSSR count). The fraction of sp³-hybridized carbons (Fsp3) is 0.833. The molecule has 2 aliphatic heterocycles. The minimum Gasteiger partial charge on any atom is -0.480 e. The Morgan fingerprint density at radius 3 is 2.83 bits per heavy atom. The van der Waals surface area contributed by atoms with E-state index in [0.29, 0.717) is 19.6 Å². The van der Waals surface area contributed by atoms with Crippen LogP contribution < -0.4 is 5.73 Å². The highest BCUT2D eigenvalue weighted by Gasteiger charge is 2.45. The van der Waals surface area contributed by atoms with Crippen LogP contribution in [0.1, 0.15) is 26.2 Å². The van der Waals surface area contributed by atoms with Crippen LogP contribution >= 0.6 is 0 Å². The third-order valence-corrected chi connectivity index (χ3v) is 3.97. The highest BCUT2D eigenvalue weighted by molar-refractivity contribution is 5.84. The molecular formula is C12H20N2O4. The predicted octanol–water partition coefficient (Wildman–Crippen LogP) is -0.184. The molecule has 2 aliphatic rings. The van der Waals surface area contributed by atoms with Crippen LogP contribution in [0.25, 0.3) is 0 Å². The number of carbonyl (C=O) groups is 2. The van der Waals surface area contributed by atoms with Crippen molar-refractivity contribution < 1.29 is 19.4 Å². The Bertz CT molecular complexity index is 360. The van der Waals surface area contributed by atoms with Crippen molar-refractivity contribution in [3.63, 3.8) is 0 Å². The number of rotatable bonds is 3. The Balaban J connectivity index is 2.01. The summed E-state index contributed by atoms with van der Waals surface area (Å²) in [6.07, 6.45) is 1.81. The van der Waals surface area contributed by atoms with E-state index in [2.05, 4.69) is 0 Å². The predicted molar refractivity (Wildman–Crippen MR) is 63.9 cm³/mol. The zero-order valence-corrected chi connectivity index (χ0v) is 10.6. The van der Waals surface area contributed by atoms with Crippen LogP contribution in [0.2, 0.25) is 0 Å². The van der Waals surface area contributed by atoms with Gasteiger partial charge in [-0.25, -0.2) is 0 Å². The van der Waals surface area contributed by atoms with Crippen molar-refractivity contribution >= 4 is 11.9 Å². The van der Waals surface area contributed by atoms with Gasteiger partial charge in [0.1, 0.15) is 5.54 Å². The fourth-order valence-corrected chi connectivity index (χ4v) is 2.76. The van der Waals surface area contributed by atoms with Gasteiger partial charge in [-0.1, -0.05) is 6.92 Å². The molecule has 0 aromatic rings. The molecule has 0 aromatic carbocycles. The number of hydrogen-bond donors (Lipinski definition) is 2. The van der Waals surface area contributed by atoms with Gasteiger partial charge < -0.3 is 20.5 Å². The average molecular weight is 256 g/mol. The Labute approximate surface area is 106 Å². The number of carbonyl (C=O) groups excluding carboxylic acids is 1. The number of carboxylic acid groups (broad SMARTS) is 1. The molecule has 2 heterocycles. The summed E-state index contributed by atoms with van der Waals surface area (Å²) in [7, 11) is 0. The largest absolute Gasteiger partial charge is 0.480 e. The first kappa shape index (κ1) is 13.3. The maximum absolute atomic E-state index is 12.3. The molecule has 0 spiro atoms. The van der Waals surface area contributed by atoms with Crippen LogP contribution in [0, 0.1) is 5.92 Å². The van der Waals surface area contributed by atoms with E-state index in [1.165, 1.54) is 0 Å². The van der Waals surface area contributed by atoms with Gasteiger partial charge in [0.2, 0.25) is 5.91 Å². The number of likely N-dealkylation sites (tertiary alicyclic amines) is 1. The maximum Gasteiger partial charge on any atom is 0.325 e. The first-order valence-corrected chi connectivity index (χ1v) is 6.40. The molecule has 0 bridgehead atoms. The quantitative estimate of drug-likeness (QED) is 0.730. The van der Waals surface area contributed by atoms with Gasteiger partial charge >= 0.3 is 5.97 Å². The summed E-state index contributed by atoms with van der Waals surface area (Å²) in [5.41, 5.74) is 4.49. The average Bonchev–Trinajstić information content (AvgIpc) is 2.94. The first-order chi connectivity index (χ1) is 8.48. The van der Waals surface area contributed by atoms with Crippen molar-refractivity contribution in [2.75, 3.05) is 19.7 Å². The van der Waals surface area contributed by atoms with Crippen molar-refractivity contribution in [3.8, 4) is 0 Å². The van der Waals surface area contributed by atoms with Crippen molar-refractivity contribution in [3.05, 3.63) is 0 Å². The van der Waals surface area contributed by atoms with Gasteiger partial charge in [0.25, 0.3) is 0 Å². The molecule has 3 unspecified atom stereocenters. The Morgan fingerprint density at radius 1 is 1.56 bits per heavy atom. The fourth-order valence-electron chi connectivity index (χ4n) is 2.76. The van der Waals surface area contributed by atoms with Crippen LogP contribution in [0.3, 0.4) is 0 Å². The number of hydrogen-bond acceptors (Lipinski definition) is 4. The lowest BCUT2D eigenvalue weighted by Gasteiger charge is -2.24. The van der Waals surface area contributed by atoms with Gasteiger partial charge in [0.05, 0.1) is 12.0 Å². The zero-order valence-electron chi connectivity index (χ0n) is 10.6. The monoisotopic (exact) mass is 256 g/mol. The second kappa shape index (κ2) is 4.85. The molecule has 3 atom stereocenters. The van der Waals surface area contributed by atoms with E-state index < -0.39 is 11.5 Å². The number of aliphatic carboxylic acids is 1. The molecule has 0 aliphatic carbocycles. The molecular weight excluding hydrogens is 236 g/mol. The van der Waals surface area contributed by atoms with Gasteiger partial charge in [-0.05, 0) is 19.3 Å². The van der Waals surface area contributed by atoms with Crippen LogP contribution in [-0.2, 0) is 14.3 Å². The summed E-state index contributed by atoms with van der Waals surface area (Å²) in [6.45, 7) is 3.13. The van der Waals surface area contributed by atoms with Crippen LogP contribution in [0.5, 0.6) is 0 Å². The molecule has 1 amide bonds. The number of nitrogens with zero attached hydrogens (tertiary/aromatic N) is 1. The Kier molecular flexibility index (Phi) is 3.59. The summed E-state index contributed by atoms with van der Waals surface area (Å²) >= 11 is 0. The summed E-state index contributed by atoms with van der Waals surface area (Å²) in [5, 5.41) is 9.05. The third-order valence-electron chi connectivity index (χ3n) is 3.97. The molecule has 0 radical (unpaired) electrons. The molecule has 0 aromatic heterocycles. The molecule has 2 fully saturated rings. The van der Waals surface area contributed by atoms with E-state index in [9.17, 15) is 9.59 Å². The minimum atomic E-state index is -1.28. The number of ether oxygens (including phenoxy) is 1. The van der Waals surface area contributed by atoms with Gasteiger partial charge in [-0.15, -0.1) is 0 Å². The summed E-state index contributed by atoms with van der Waals surface area (Å²) in [4.78, 5) is 24.9. The lowest BCUT2D eigenvalue weighted by Crippen LogP contribution is -2.51. The lowest BCUT2D eigenvalue weighted by molar-refractivity contribution is -0.143. The summed E-state index contributed by atoms with van der Waals surface area (Å²) in [5.74, 6) is -1.17. The van der Waals surface area contributed by atoms with E-state index >= 15 is 0 Å². The van der Waals surface area contributed by atoms with Crippen LogP contribution in [0.4, 0.5) is 0 Å². The summed E-state index contributed by atoms with van der Waals surface area (Å²) < 4.78 is 5.50. The normalized spacial score (nSPS) is 36.0. The Morgan fingerprint density at radius 2 is 2.28 bits per heavy atom. The van der Waals surface area contributed by atoms with E-state index in [-0.39, 0.29) is 24.5 Å². The molecule has 102 valence electrons. The molecule has 3 N–H and O–H groups in total. The first-order valence-electron chi connectivity index (χ1n) is 6.40. The minimum absolute atomic E-state index is 0.00655. The van der Waals surface area contributed by atoms with Gasteiger partial charge in [0, 0.05) is 19.7 Å². The standard InChI is InChI=1S/C12H20N2O4/c1-2-9-8(3-6-18-9)10(15)14-5-4-12(13,7-14)11(16)17/h8-9H,2-7,13H2,1H3,(H,16,17). The van der Waals surface area contributed by atoms with Crippen molar-refractivity contribution in [2.24, 2.45) is 11.7 Å². The lowest BCUT2D eigenvalue weighted by atomic mass is 9.97. The molecule has 6 heteroatoms. The van der Waals surface area contributed by atoms with Crippen molar-refractivity contribution in [1.29, 1.82) is 0 Å². The second-order valence-electron chi connectivity index (χ2n) is 5.18. The van der Waals surface area contributed by atoms with Gasteiger partial charge in [0.15, 0.2) is 0 Å². The van der Waals surface area contributed by atoms with E-state index in [1.54, 1.807) is 4.90 Å². The van der Waals surface area contributed by atoms with E-state index in [4.69, 9.17) is 15.6 Å². The third kappa shape index (κ3) is 2.22. The molecule has 2 saturated heterocycles. The number of carboxylic acids is 1. The molecule has 0 saturated carbocycles. The molecule has 6 nitrogen and oxygen atoms in total. The summed E-state index contributed by atoms with van der Waals surface area (Å²) in [6, 6.07) is 0. The SMILES string of the molecule is CCC1OCCC1C(=O)N1CCC(N)(C(=O)O)C1. The van der Waals surface area contributed by atoms with Gasteiger partial charge in [-0.2, -0.15) is 0 Å². The van der Waals surface area contributed by atoms with E-state index in [0.717, 1.165) is 12.8 Å². The highest BCUT2D eigenvalue weighted by Crippen LogP contribution is 2.28. The topological polar surface area (TPSA) is 92.9 Å². The zero-order chi connectivity index (χ0) is 13.3. The smallest absolute Gasteiger partial charge is 0.325 e. The van der Waals surface area contributed by atoms with E-state index in [1.807, 2.05) is 6.92 Å². The number of amides is 1. The van der Waals surface area contributed by atoms with Crippen molar-refractivity contribution in [2.45, 2.75) is 37.8 Å². The number of nitrogens with two attached hydrogens (primary N) is 1. The van der Waals surface area contributed by atoms with Gasteiger partial charge in [-0.3, -0.25) is 9.59 Å². The second-order valence-corrected chi connectivity index (χ2v) is 5.18. The van der Waals surface area contributed by atoms with Crippen molar-refractivity contribution in [1.82, 2.24) is 4.90 Å². The Hall–Kier alpha value is -1.14.